The first-order valence-corrected chi connectivity index (χ1v) is 7.14. The van der Waals surface area contributed by atoms with Gasteiger partial charge in [0, 0.05) is 13.1 Å². The summed E-state index contributed by atoms with van der Waals surface area (Å²) in [5, 5.41) is 20.7. The van der Waals surface area contributed by atoms with E-state index < -0.39 is 11.5 Å². The molecule has 0 radical (unpaired) electrons. The van der Waals surface area contributed by atoms with Crippen LogP contribution in [0.4, 0.5) is 5.69 Å². The van der Waals surface area contributed by atoms with Crippen LogP contribution in [0.3, 0.4) is 0 Å². The quantitative estimate of drug-likeness (QED) is 0.641. The minimum atomic E-state index is -1.35. The molecule has 0 saturated heterocycles. The van der Waals surface area contributed by atoms with E-state index in [1.165, 1.54) is 13.0 Å². The fourth-order valence-corrected chi connectivity index (χ4v) is 2.07. The highest BCUT2D eigenvalue weighted by atomic mass is 16.5. The molecule has 1 amide bonds. The van der Waals surface area contributed by atoms with Gasteiger partial charge in [-0.2, -0.15) is 10.2 Å². The summed E-state index contributed by atoms with van der Waals surface area (Å²) in [7, 11) is 0. The molecule has 0 spiro atoms. The predicted octanol–water partition coefficient (Wildman–Crippen LogP) is 2.07. The van der Waals surface area contributed by atoms with Crippen LogP contribution >= 0.6 is 0 Å². The standard InChI is InChI=1S/C16H16N4O4/c1-9(2)24-15-13(7-11(8-17)16(22)23)20-6-4-5-12(14(20)19-15)18-10(3)21/h4-7,9H,1-3H3,(H,18,21)(H,22,23). The van der Waals surface area contributed by atoms with Gasteiger partial charge in [-0.05, 0) is 32.1 Å². The third-order valence-corrected chi connectivity index (χ3v) is 2.94. The van der Waals surface area contributed by atoms with Crippen LogP contribution in [-0.2, 0) is 9.59 Å². The second-order valence-electron chi connectivity index (χ2n) is 5.24. The maximum Gasteiger partial charge on any atom is 0.346 e. The van der Waals surface area contributed by atoms with Gasteiger partial charge in [-0.15, -0.1) is 0 Å². The molecule has 8 heteroatoms. The molecule has 0 fully saturated rings. The van der Waals surface area contributed by atoms with Crippen molar-refractivity contribution in [1.29, 1.82) is 5.26 Å². The molecule has 0 aliphatic heterocycles. The van der Waals surface area contributed by atoms with Crippen LogP contribution < -0.4 is 10.1 Å². The molecule has 24 heavy (non-hydrogen) atoms. The topological polar surface area (TPSA) is 117 Å². The van der Waals surface area contributed by atoms with Gasteiger partial charge in [-0.3, -0.25) is 9.20 Å². The Balaban J connectivity index is 2.73. The van der Waals surface area contributed by atoms with Crippen molar-refractivity contribution < 1.29 is 19.4 Å². The number of hydrogen-bond donors (Lipinski definition) is 2. The number of imidazole rings is 1. The molecule has 2 aromatic rings. The second kappa shape index (κ2) is 6.83. The van der Waals surface area contributed by atoms with E-state index in [4.69, 9.17) is 15.1 Å². The third-order valence-electron chi connectivity index (χ3n) is 2.94. The highest BCUT2D eigenvalue weighted by molar-refractivity contribution is 5.97. The van der Waals surface area contributed by atoms with Crippen molar-refractivity contribution in [2.75, 3.05) is 5.32 Å². The van der Waals surface area contributed by atoms with Crippen LogP contribution in [-0.4, -0.2) is 32.5 Å². The van der Waals surface area contributed by atoms with E-state index in [9.17, 15) is 9.59 Å². The van der Waals surface area contributed by atoms with Crippen LogP contribution in [0.15, 0.2) is 23.9 Å². The lowest BCUT2D eigenvalue weighted by Crippen LogP contribution is -2.07. The van der Waals surface area contributed by atoms with Crippen molar-refractivity contribution in [1.82, 2.24) is 9.38 Å². The maximum atomic E-state index is 11.3. The zero-order chi connectivity index (χ0) is 17.9. The zero-order valence-electron chi connectivity index (χ0n) is 13.4. The SMILES string of the molecule is CC(=O)Nc1cccn2c(C=C(C#N)C(=O)O)c(OC(C)C)nc12. The van der Waals surface area contributed by atoms with E-state index in [1.807, 2.05) is 0 Å². The molecule has 0 bridgehead atoms. The summed E-state index contributed by atoms with van der Waals surface area (Å²) >= 11 is 0. The largest absolute Gasteiger partial charge is 0.477 e. The first kappa shape index (κ1) is 17.0. The number of carbonyl (C=O) groups excluding carboxylic acids is 1. The van der Waals surface area contributed by atoms with Gasteiger partial charge in [-0.1, -0.05) is 0 Å². The van der Waals surface area contributed by atoms with Gasteiger partial charge >= 0.3 is 5.97 Å². The molecule has 8 nitrogen and oxygen atoms in total. The zero-order valence-corrected chi connectivity index (χ0v) is 13.4. The summed E-state index contributed by atoms with van der Waals surface area (Å²) in [6, 6.07) is 4.96. The molecule has 0 aliphatic rings. The monoisotopic (exact) mass is 328 g/mol. The summed E-state index contributed by atoms with van der Waals surface area (Å²) in [5.41, 5.74) is 0.699. The van der Waals surface area contributed by atoms with Gasteiger partial charge < -0.3 is 15.2 Å². The summed E-state index contributed by atoms with van der Waals surface area (Å²) in [5.74, 6) is -1.43. The van der Waals surface area contributed by atoms with Gasteiger partial charge in [0.05, 0.1) is 11.8 Å². The summed E-state index contributed by atoms with van der Waals surface area (Å²) in [6.45, 7) is 4.97. The van der Waals surface area contributed by atoms with Crippen LogP contribution in [0.5, 0.6) is 5.88 Å². The fourth-order valence-electron chi connectivity index (χ4n) is 2.07. The molecule has 0 saturated carbocycles. The summed E-state index contributed by atoms with van der Waals surface area (Å²) in [4.78, 5) is 26.8. The minimum absolute atomic E-state index is 0.178. The van der Waals surface area contributed by atoms with E-state index in [0.29, 0.717) is 17.0 Å². The van der Waals surface area contributed by atoms with E-state index in [-0.39, 0.29) is 17.9 Å². The average molecular weight is 328 g/mol. The number of hydrogen-bond acceptors (Lipinski definition) is 5. The Morgan fingerprint density at radius 3 is 2.75 bits per heavy atom. The van der Waals surface area contributed by atoms with Crippen LogP contribution in [0.25, 0.3) is 11.7 Å². The number of carboxylic acids is 1. The fraction of sp³-hybridized carbons (Fsp3) is 0.250. The molecule has 0 aliphatic carbocycles. The molecule has 0 aromatic carbocycles. The molecule has 0 atom stereocenters. The van der Waals surface area contributed by atoms with Crippen molar-refractivity contribution in [2.45, 2.75) is 26.9 Å². The van der Waals surface area contributed by atoms with E-state index in [2.05, 4.69) is 10.3 Å². The van der Waals surface area contributed by atoms with Crippen LogP contribution in [0.2, 0.25) is 0 Å². The number of aliphatic carboxylic acids is 1. The summed E-state index contributed by atoms with van der Waals surface area (Å²) < 4.78 is 7.18. The van der Waals surface area contributed by atoms with E-state index in [0.717, 1.165) is 0 Å². The number of fused-ring (bicyclic) bond motifs is 1. The maximum absolute atomic E-state index is 11.3. The highest BCUT2D eigenvalue weighted by Crippen LogP contribution is 2.27. The van der Waals surface area contributed by atoms with Crippen molar-refractivity contribution in [3.63, 3.8) is 0 Å². The predicted molar refractivity (Wildman–Crippen MR) is 86.5 cm³/mol. The lowest BCUT2D eigenvalue weighted by molar-refractivity contribution is -0.132. The smallest absolute Gasteiger partial charge is 0.346 e. The van der Waals surface area contributed by atoms with Crippen molar-refractivity contribution in [3.8, 4) is 11.9 Å². The number of nitrogens with zero attached hydrogens (tertiary/aromatic N) is 3. The van der Waals surface area contributed by atoms with E-state index in [1.54, 1.807) is 42.6 Å². The lowest BCUT2D eigenvalue weighted by atomic mass is 10.2. The molecule has 2 N–H and O–H groups in total. The van der Waals surface area contributed by atoms with Crippen LogP contribution in [0, 0.1) is 11.3 Å². The number of anilines is 1. The number of amides is 1. The van der Waals surface area contributed by atoms with Gasteiger partial charge in [-0.25, -0.2) is 4.79 Å². The normalized spacial score (nSPS) is 11.4. The summed E-state index contributed by atoms with van der Waals surface area (Å²) in [6.07, 6.45) is 2.63. The number of ether oxygens (including phenoxy) is 1. The number of nitrogens with one attached hydrogen (secondary N) is 1. The average Bonchev–Trinajstić information content (AvgIpc) is 2.81. The van der Waals surface area contributed by atoms with Gasteiger partial charge in [0.15, 0.2) is 5.65 Å². The Morgan fingerprint density at radius 2 is 2.21 bits per heavy atom. The van der Waals surface area contributed by atoms with Crippen molar-refractivity contribution in [2.24, 2.45) is 0 Å². The Labute approximate surface area is 138 Å². The molecule has 2 rings (SSSR count). The number of aromatic nitrogens is 2. The highest BCUT2D eigenvalue weighted by Gasteiger charge is 2.18. The number of carboxylic acid groups (broad SMARTS) is 1. The number of nitriles is 1. The number of pyridine rings is 1. The molecule has 0 unspecified atom stereocenters. The Kier molecular flexibility index (Phi) is 4.84. The molecular formula is C16H16N4O4. The number of carbonyl (C=O) groups is 2. The van der Waals surface area contributed by atoms with Crippen molar-refractivity contribution in [3.05, 3.63) is 29.6 Å². The molecular weight excluding hydrogens is 312 g/mol. The molecule has 2 aromatic heterocycles. The van der Waals surface area contributed by atoms with Crippen LogP contribution in [0.1, 0.15) is 26.5 Å². The minimum Gasteiger partial charge on any atom is -0.477 e. The Hall–Kier alpha value is -3.34. The van der Waals surface area contributed by atoms with Crippen molar-refractivity contribution >= 4 is 29.3 Å². The number of rotatable bonds is 5. The lowest BCUT2D eigenvalue weighted by Gasteiger charge is -2.07. The first-order valence-electron chi connectivity index (χ1n) is 7.14. The van der Waals surface area contributed by atoms with E-state index >= 15 is 0 Å². The second-order valence-corrected chi connectivity index (χ2v) is 5.24. The Bertz CT molecular complexity index is 874. The first-order chi connectivity index (χ1) is 11.3. The molecule has 2 heterocycles. The van der Waals surface area contributed by atoms with Gasteiger partial charge in [0.2, 0.25) is 11.8 Å². The van der Waals surface area contributed by atoms with Gasteiger partial charge in [0.25, 0.3) is 0 Å². The molecule has 124 valence electrons. The Morgan fingerprint density at radius 1 is 1.50 bits per heavy atom. The third kappa shape index (κ3) is 3.52. The van der Waals surface area contributed by atoms with Gasteiger partial charge in [0.1, 0.15) is 17.3 Å².